The van der Waals surface area contributed by atoms with Crippen molar-refractivity contribution in [3.05, 3.63) is 28.8 Å². The molecule has 20 heavy (non-hydrogen) atoms. The van der Waals surface area contributed by atoms with Crippen molar-refractivity contribution in [3.8, 4) is 5.75 Å². The largest absolute Gasteiger partial charge is 0.486 e. The predicted octanol–water partition coefficient (Wildman–Crippen LogP) is 4.08. The van der Waals surface area contributed by atoms with Crippen molar-refractivity contribution >= 4 is 11.6 Å². The van der Waals surface area contributed by atoms with E-state index in [0.717, 1.165) is 12.0 Å². The Kier molecular flexibility index (Phi) is 4.07. The first-order valence-corrected chi connectivity index (χ1v) is 7.40. The molecular formula is C16H24ClNO2. The monoisotopic (exact) mass is 297 g/mol. The maximum absolute atomic E-state index is 6.29. The van der Waals surface area contributed by atoms with Crippen LogP contribution >= 0.6 is 11.6 Å². The summed E-state index contributed by atoms with van der Waals surface area (Å²) in [4.78, 5) is 0. The van der Waals surface area contributed by atoms with Gasteiger partial charge in [0.15, 0.2) is 0 Å². The van der Waals surface area contributed by atoms with Gasteiger partial charge in [-0.15, -0.1) is 0 Å². The lowest BCUT2D eigenvalue weighted by atomic mass is 9.97. The van der Waals surface area contributed by atoms with Crippen LogP contribution in [0.3, 0.4) is 0 Å². The summed E-state index contributed by atoms with van der Waals surface area (Å²) in [5, 5.41) is 0.598. The molecule has 0 saturated carbocycles. The van der Waals surface area contributed by atoms with Crippen LogP contribution in [-0.2, 0) is 4.74 Å². The summed E-state index contributed by atoms with van der Waals surface area (Å²) in [6.45, 7) is 10.2. The molecule has 1 aromatic rings. The third-order valence-corrected chi connectivity index (χ3v) is 4.04. The molecule has 1 saturated heterocycles. The zero-order valence-electron chi connectivity index (χ0n) is 12.9. The Hall–Kier alpha value is -0.770. The minimum absolute atomic E-state index is 0.0175. The molecule has 0 amide bonds. The number of hydrogen-bond acceptors (Lipinski definition) is 3. The van der Waals surface area contributed by atoms with Crippen molar-refractivity contribution in [1.82, 2.24) is 0 Å². The summed E-state index contributed by atoms with van der Waals surface area (Å²) in [5.74, 6) is 0.690. The van der Waals surface area contributed by atoms with Crippen LogP contribution < -0.4 is 10.5 Å². The van der Waals surface area contributed by atoms with Gasteiger partial charge in [-0.05, 0) is 52.3 Å². The van der Waals surface area contributed by atoms with Gasteiger partial charge in [-0.25, -0.2) is 0 Å². The van der Waals surface area contributed by atoms with Crippen molar-refractivity contribution in [1.29, 1.82) is 0 Å². The number of halogens is 1. The van der Waals surface area contributed by atoms with E-state index >= 15 is 0 Å². The molecule has 1 unspecified atom stereocenters. The van der Waals surface area contributed by atoms with E-state index in [1.165, 1.54) is 0 Å². The lowest BCUT2D eigenvalue weighted by Crippen LogP contribution is -2.36. The maximum atomic E-state index is 6.29. The van der Waals surface area contributed by atoms with Crippen molar-refractivity contribution in [2.24, 2.45) is 5.73 Å². The molecule has 0 spiro atoms. The summed E-state index contributed by atoms with van der Waals surface area (Å²) >= 11 is 6.29. The highest BCUT2D eigenvalue weighted by Crippen LogP contribution is 2.40. The normalized spacial score (nSPS) is 25.4. The van der Waals surface area contributed by atoms with E-state index in [0.29, 0.717) is 10.8 Å². The molecule has 0 bridgehead atoms. The van der Waals surface area contributed by atoms with E-state index in [1.807, 2.05) is 25.1 Å². The molecule has 0 aliphatic carbocycles. The third-order valence-electron chi connectivity index (χ3n) is 3.74. The Morgan fingerprint density at radius 1 is 1.35 bits per heavy atom. The Morgan fingerprint density at radius 2 is 2.00 bits per heavy atom. The van der Waals surface area contributed by atoms with E-state index in [4.69, 9.17) is 26.8 Å². The molecule has 2 N–H and O–H groups in total. The third kappa shape index (κ3) is 3.27. The molecule has 1 fully saturated rings. The number of rotatable bonds is 3. The fourth-order valence-electron chi connectivity index (χ4n) is 2.74. The smallest absolute Gasteiger partial charge is 0.138 e. The minimum Gasteiger partial charge on any atom is -0.486 e. The predicted molar refractivity (Wildman–Crippen MR) is 82.3 cm³/mol. The van der Waals surface area contributed by atoms with Gasteiger partial charge in [0.1, 0.15) is 17.5 Å². The summed E-state index contributed by atoms with van der Waals surface area (Å²) < 4.78 is 12.1. The molecule has 3 nitrogen and oxygen atoms in total. The fraction of sp³-hybridized carbons (Fsp3) is 0.625. The Balaban J connectivity index is 2.18. The Labute approximate surface area is 126 Å². The zero-order valence-corrected chi connectivity index (χ0v) is 13.6. The quantitative estimate of drug-likeness (QED) is 0.914. The Bertz CT molecular complexity index is 497. The SMILES string of the molecule is C[C@@H](N)c1ccc(OC2CC(C)(C)OC2(C)C)c(Cl)c1. The molecule has 2 atom stereocenters. The molecule has 1 heterocycles. The van der Waals surface area contributed by atoms with Gasteiger partial charge in [-0.1, -0.05) is 17.7 Å². The second-order valence-electron chi connectivity index (χ2n) is 6.75. The first-order chi connectivity index (χ1) is 9.11. The topological polar surface area (TPSA) is 44.5 Å². The lowest BCUT2D eigenvalue weighted by molar-refractivity contribution is -0.0845. The van der Waals surface area contributed by atoms with Crippen LogP contribution in [0.25, 0.3) is 0 Å². The van der Waals surface area contributed by atoms with E-state index in [9.17, 15) is 0 Å². The van der Waals surface area contributed by atoms with Gasteiger partial charge in [-0.3, -0.25) is 0 Å². The van der Waals surface area contributed by atoms with Crippen molar-refractivity contribution in [2.45, 2.75) is 64.4 Å². The molecule has 0 aromatic heterocycles. The standard InChI is InChI=1S/C16H24ClNO2/c1-10(18)11-6-7-13(12(17)8-11)19-14-9-15(2,3)20-16(14,4)5/h6-8,10,14H,9,18H2,1-5H3/t10-,14?/m1/s1. The summed E-state index contributed by atoms with van der Waals surface area (Å²) in [5.41, 5.74) is 6.36. The zero-order chi connectivity index (χ0) is 15.1. The van der Waals surface area contributed by atoms with Gasteiger partial charge in [0.05, 0.1) is 10.6 Å². The second kappa shape index (κ2) is 5.21. The first-order valence-electron chi connectivity index (χ1n) is 7.02. The van der Waals surface area contributed by atoms with Gasteiger partial charge in [-0.2, -0.15) is 0 Å². The molecule has 4 heteroatoms. The van der Waals surface area contributed by atoms with E-state index < -0.39 is 0 Å². The number of benzene rings is 1. The van der Waals surface area contributed by atoms with Crippen LogP contribution in [-0.4, -0.2) is 17.3 Å². The van der Waals surface area contributed by atoms with Gasteiger partial charge < -0.3 is 15.2 Å². The second-order valence-corrected chi connectivity index (χ2v) is 7.16. The first kappa shape index (κ1) is 15.6. The summed E-state index contributed by atoms with van der Waals surface area (Å²) in [6.07, 6.45) is 0.821. The van der Waals surface area contributed by atoms with Crippen LogP contribution in [0.4, 0.5) is 0 Å². The Morgan fingerprint density at radius 3 is 2.45 bits per heavy atom. The number of ether oxygens (including phenoxy) is 2. The van der Waals surface area contributed by atoms with Crippen molar-refractivity contribution in [2.75, 3.05) is 0 Å². The molecule has 1 aliphatic rings. The molecule has 1 aromatic carbocycles. The molecule has 1 aliphatic heterocycles. The molecule has 112 valence electrons. The van der Waals surface area contributed by atoms with Gasteiger partial charge in [0, 0.05) is 12.5 Å². The molecule has 2 rings (SSSR count). The average Bonchev–Trinajstić information content (AvgIpc) is 2.49. The van der Waals surface area contributed by atoms with Gasteiger partial charge in [0.25, 0.3) is 0 Å². The summed E-state index contributed by atoms with van der Waals surface area (Å²) in [6, 6.07) is 5.68. The number of nitrogens with two attached hydrogens (primary N) is 1. The van der Waals surface area contributed by atoms with E-state index in [1.54, 1.807) is 0 Å². The van der Waals surface area contributed by atoms with Crippen molar-refractivity contribution in [3.63, 3.8) is 0 Å². The van der Waals surface area contributed by atoms with Crippen LogP contribution in [0.15, 0.2) is 18.2 Å². The van der Waals surface area contributed by atoms with E-state index in [-0.39, 0.29) is 23.3 Å². The van der Waals surface area contributed by atoms with E-state index in [2.05, 4.69) is 27.7 Å². The van der Waals surface area contributed by atoms with Crippen LogP contribution in [0, 0.1) is 0 Å². The van der Waals surface area contributed by atoms with Crippen LogP contribution in [0.1, 0.15) is 52.6 Å². The maximum Gasteiger partial charge on any atom is 0.138 e. The fourth-order valence-corrected chi connectivity index (χ4v) is 2.98. The van der Waals surface area contributed by atoms with Crippen LogP contribution in [0.5, 0.6) is 5.75 Å². The number of hydrogen-bond donors (Lipinski definition) is 1. The lowest BCUT2D eigenvalue weighted by Gasteiger charge is -2.27. The molecule has 0 radical (unpaired) electrons. The highest BCUT2D eigenvalue weighted by Gasteiger charge is 2.47. The van der Waals surface area contributed by atoms with Crippen LogP contribution in [0.2, 0.25) is 5.02 Å². The van der Waals surface area contributed by atoms with Gasteiger partial charge >= 0.3 is 0 Å². The summed E-state index contributed by atoms with van der Waals surface area (Å²) in [7, 11) is 0. The molecular weight excluding hydrogens is 274 g/mol. The average molecular weight is 298 g/mol. The highest BCUT2D eigenvalue weighted by atomic mass is 35.5. The highest BCUT2D eigenvalue weighted by molar-refractivity contribution is 6.32. The van der Waals surface area contributed by atoms with Crippen molar-refractivity contribution < 1.29 is 9.47 Å². The van der Waals surface area contributed by atoms with Gasteiger partial charge in [0.2, 0.25) is 0 Å². The minimum atomic E-state index is -0.327.